The molecular formula is C14H20N2O2S. The highest BCUT2D eigenvalue weighted by Gasteiger charge is 2.21. The number of amides is 1. The number of nitrogens with zero attached hydrogens (tertiary/aromatic N) is 1. The second-order valence-corrected chi connectivity index (χ2v) is 5.30. The SMILES string of the molecule is Cc1cccc(C(=O)N(CCC(N)=S)C(C)C)c1O. The topological polar surface area (TPSA) is 66.6 Å². The van der Waals surface area contributed by atoms with Gasteiger partial charge in [0.25, 0.3) is 5.91 Å². The fourth-order valence-corrected chi connectivity index (χ4v) is 1.90. The van der Waals surface area contributed by atoms with Crippen LogP contribution in [0.3, 0.4) is 0 Å². The summed E-state index contributed by atoms with van der Waals surface area (Å²) >= 11 is 4.84. The molecule has 0 bridgehead atoms. The van der Waals surface area contributed by atoms with Crippen LogP contribution in [0.25, 0.3) is 0 Å². The molecule has 0 heterocycles. The maximum atomic E-state index is 12.5. The van der Waals surface area contributed by atoms with Crippen molar-refractivity contribution in [3.8, 4) is 5.75 Å². The first kappa shape index (κ1) is 15.4. The van der Waals surface area contributed by atoms with Crippen molar-refractivity contribution < 1.29 is 9.90 Å². The maximum Gasteiger partial charge on any atom is 0.257 e. The van der Waals surface area contributed by atoms with E-state index < -0.39 is 0 Å². The zero-order chi connectivity index (χ0) is 14.6. The third-order valence-electron chi connectivity index (χ3n) is 2.95. The minimum absolute atomic E-state index is 0.0155. The molecule has 0 aromatic heterocycles. The summed E-state index contributed by atoms with van der Waals surface area (Å²) in [6.07, 6.45) is 0.478. The Morgan fingerprint density at radius 2 is 2.11 bits per heavy atom. The van der Waals surface area contributed by atoms with Crippen molar-refractivity contribution in [2.24, 2.45) is 5.73 Å². The Balaban J connectivity index is 2.99. The Labute approximate surface area is 119 Å². The van der Waals surface area contributed by atoms with Crippen LogP contribution in [0.1, 0.15) is 36.2 Å². The van der Waals surface area contributed by atoms with Crippen LogP contribution in [-0.4, -0.2) is 33.5 Å². The molecule has 5 heteroatoms. The number of nitrogens with two attached hydrogens (primary N) is 1. The lowest BCUT2D eigenvalue weighted by Gasteiger charge is -2.27. The number of hydrogen-bond acceptors (Lipinski definition) is 3. The molecule has 0 fully saturated rings. The Morgan fingerprint density at radius 1 is 1.47 bits per heavy atom. The number of carbonyl (C=O) groups is 1. The molecule has 0 spiro atoms. The predicted molar refractivity (Wildman–Crippen MR) is 80.4 cm³/mol. The Hall–Kier alpha value is -1.62. The normalized spacial score (nSPS) is 10.5. The van der Waals surface area contributed by atoms with Crippen LogP contribution in [0.15, 0.2) is 18.2 Å². The lowest BCUT2D eigenvalue weighted by Crippen LogP contribution is -2.39. The maximum absolute atomic E-state index is 12.5. The molecule has 3 N–H and O–H groups in total. The predicted octanol–water partition coefficient (Wildman–Crippen LogP) is 2.23. The molecule has 1 aromatic rings. The number of hydrogen-bond donors (Lipinski definition) is 2. The van der Waals surface area contributed by atoms with Gasteiger partial charge in [0.1, 0.15) is 5.75 Å². The van der Waals surface area contributed by atoms with E-state index in [9.17, 15) is 9.90 Å². The Morgan fingerprint density at radius 3 is 2.63 bits per heavy atom. The summed E-state index contributed by atoms with van der Waals surface area (Å²) in [7, 11) is 0. The van der Waals surface area contributed by atoms with E-state index in [0.29, 0.717) is 29.1 Å². The number of phenolic OH excluding ortho intramolecular Hbond substituents is 1. The second kappa shape index (κ2) is 6.52. The van der Waals surface area contributed by atoms with Crippen LogP contribution in [0.2, 0.25) is 0 Å². The number of rotatable bonds is 5. The lowest BCUT2D eigenvalue weighted by molar-refractivity contribution is 0.0708. The summed E-state index contributed by atoms with van der Waals surface area (Å²) in [4.78, 5) is 14.5. The first-order valence-corrected chi connectivity index (χ1v) is 6.63. The zero-order valence-electron chi connectivity index (χ0n) is 11.5. The quantitative estimate of drug-likeness (QED) is 0.812. The van der Waals surface area contributed by atoms with Gasteiger partial charge in [-0.05, 0) is 32.4 Å². The van der Waals surface area contributed by atoms with Crippen molar-refractivity contribution in [1.82, 2.24) is 4.90 Å². The van der Waals surface area contributed by atoms with Gasteiger partial charge in [0.15, 0.2) is 0 Å². The van der Waals surface area contributed by atoms with E-state index in [1.165, 1.54) is 0 Å². The summed E-state index contributed by atoms with van der Waals surface area (Å²) < 4.78 is 0. The third kappa shape index (κ3) is 3.92. The lowest BCUT2D eigenvalue weighted by atomic mass is 10.1. The molecule has 0 saturated heterocycles. The molecule has 0 aliphatic carbocycles. The van der Waals surface area contributed by atoms with Crippen molar-refractivity contribution in [3.63, 3.8) is 0 Å². The number of benzene rings is 1. The van der Waals surface area contributed by atoms with E-state index in [-0.39, 0.29) is 17.7 Å². The number of aromatic hydroxyl groups is 1. The number of para-hydroxylation sites is 1. The van der Waals surface area contributed by atoms with Gasteiger partial charge in [-0.3, -0.25) is 4.79 Å². The standard InChI is InChI=1S/C14H20N2O2S/c1-9(2)16(8-7-12(15)19)14(18)11-6-4-5-10(3)13(11)17/h4-6,9,17H,7-8H2,1-3H3,(H2,15,19). The summed E-state index contributed by atoms with van der Waals surface area (Å²) in [6, 6.07) is 5.16. The first-order chi connectivity index (χ1) is 8.84. The largest absolute Gasteiger partial charge is 0.507 e. The van der Waals surface area contributed by atoms with Crippen molar-refractivity contribution in [3.05, 3.63) is 29.3 Å². The fraction of sp³-hybridized carbons (Fsp3) is 0.429. The number of thiocarbonyl (C=S) groups is 1. The van der Waals surface area contributed by atoms with Gasteiger partial charge < -0.3 is 15.7 Å². The van der Waals surface area contributed by atoms with Gasteiger partial charge in [-0.1, -0.05) is 24.4 Å². The summed E-state index contributed by atoms with van der Waals surface area (Å²) in [6.45, 7) is 6.06. The zero-order valence-corrected chi connectivity index (χ0v) is 12.3. The average Bonchev–Trinajstić information content (AvgIpc) is 2.31. The minimum Gasteiger partial charge on any atom is -0.507 e. The van der Waals surface area contributed by atoms with Crippen LogP contribution >= 0.6 is 12.2 Å². The number of phenols is 1. The summed E-state index contributed by atoms with van der Waals surface area (Å²) in [5, 5.41) is 9.98. The van der Waals surface area contributed by atoms with E-state index in [1.54, 1.807) is 30.0 Å². The molecule has 0 unspecified atom stereocenters. The molecule has 19 heavy (non-hydrogen) atoms. The van der Waals surface area contributed by atoms with E-state index in [1.807, 2.05) is 13.8 Å². The Kier molecular flexibility index (Phi) is 5.30. The van der Waals surface area contributed by atoms with E-state index in [4.69, 9.17) is 18.0 Å². The fourth-order valence-electron chi connectivity index (χ4n) is 1.81. The molecular weight excluding hydrogens is 260 g/mol. The van der Waals surface area contributed by atoms with E-state index in [2.05, 4.69) is 0 Å². The highest BCUT2D eigenvalue weighted by atomic mass is 32.1. The van der Waals surface area contributed by atoms with Crippen LogP contribution < -0.4 is 5.73 Å². The van der Waals surface area contributed by atoms with Gasteiger partial charge in [0.05, 0.1) is 10.6 Å². The molecule has 0 aliphatic rings. The first-order valence-electron chi connectivity index (χ1n) is 6.22. The molecule has 104 valence electrons. The molecule has 1 rings (SSSR count). The molecule has 4 nitrogen and oxygen atoms in total. The molecule has 0 atom stereocenters. The minimum atomic E-state index is -0.201. The number of carbonyl (C=O) groups excluding carboxylic acids is 1. The van der Waals surface area contributed by atoms with Gasteiger partial charge in [-0.15, -0.1) is 0 Å². The molecule has 0 aliphatic heterocycles. The summed E-state index contributed by atoms with van der Waals surface area (Å²) in [5.41, 5.74) is 6.48. The highest BCUT2D eigenvalue weighted by molar-refractivity contribution is 7.80. The van der Waals surface area contributed by atoms with Crippen LogP contribution in [0, 0.1) is 6.92 Å². The van der Waals surface area contributed by atoms with Crippen molar-refractivity contribution in [2.45, 2.75) is 33.2 Å². The van der Waals surface area contributed by atoms with Crippen molar-refractivity contribution in [1.29, 1.82) is 0 Å². The monoisotopic (exact) mass is 280 g/mol. The van der Waals surface area contributed by atoms with Crippen molar-refractivity contribution in [2.75, 3.05) is 6.54 Å². The smallest absolute Gasteiger partial charge is 0.257 e. The molecule has 1 aromatic carbocycles. The van der Waals surface area contributed by atoms with Crippen LogP contribution in [0.5, 0.6) is 5.75 Å². The van der Waals surface area contributed by atoms with Gasteiger partial charge in [0, 0.05) is 19.0 Å². The van der Waals surface area contributed by atoms with E-state index in [0.717, 1.165) is 0 Å². The van der Waals surface area contributed by atoms with E-state index >= 15 is 0 Å². The van der Waals surface area contributed by atoms with Gasteiger partial charge in [-0.2, -0.15) is 0 Å². The third-order valence-corrected chi connectivity index (χ3v) is 3.16. The van der Waals surface area contributed by atoms with Crippen LogP contribution in [-0.2, 0) is 0 Å². The van der Waals surface area contributed by atoms with Crippen molar-refractivity contribution >= 4 is 23.1 Å². The number of aryl methyl sites for hydroxylation is 1. The molecule has 1 amide bonds. The average molecular weight is 280 g/mol. The van der Waals surface area contributed by atoms with Gasteiger partial charge in [0.2, 0.25) is 0 Å². The molecule has 0 radical (unpaired) electrons. The highest BCUT2D eigenvalue weighted by Crippen LogP contribution is 2.23. The van der Waals surface area contributed by atoms with Crippen LogP contribution in [0.4, 0.5) is 0 Å². The Bertz CT molecular complexity index is 486. The molecule has 0 saturated carbocycles. The summed E-state index contributed by atoms with van der Waals surface area (Å²) in [5.74, 6) is -0.166. The second-order valence-electron chi connectivity index (χ2n) is 4.78. The van der Waals surface area contributed by atoms with Gasteiger partial charge in [-0.25, -0.2) is 0 Å². The van der Waals surface area contributed by atoms with Gasteiger partial charge >= 0.3 is 0 Å².